The first kappa shape index (κ1) is 77.2. The summed E-state index contributed by atoms with van der Waals surface area (Å²) < 4.78 is 17.0. The Hall–Kier alpha value is -1.85. The van der Waals surface area contributed by atoms with Crippen molar-refractivity contribution in [3.05, 3.63) is 12.2 Å². The van der Waals surface area contributed by atoms with Gasteiger partial charge in [-0.25, -0.2) is 0 Å². The van der Waals surface area contributed by atoms with Crippen molar-refractivity contribution in [2.24, 2.45) is 0 Å². The Morgan fingerprint density at radius 2 is 0.418 bits per heavy atom. The lowest BCUT2D eigenvalue weighted by Crippen LogP contribution is -2.30. The molecule has 468 valence electrons. The van der Waals surface area contributed by atoms with Crippen molar-refractivity contribution in [1.29, 1.82) is 0 Å². The van der Waals surface area contributed by atoms with E-state index in [4.69, 9.17) is 14.2 Å². The minimum absolute atomic E-state index is 0.0655. The van der Waals surface area contributed by atoms with E-state index in [1.165, 1.54) is 315 Å². The minimum Gasteiger partial charge on any atom is -0.462 e. The largest absolute Gasteiger partial charge is 0.462 e. The van der Waals surface area contributed by atoms with Crippen LogP contribution in [0.15, 0.2) is 12.2 Å². The molecule has 0 N–H and O–H groups in total. The molecule has 0 aliphatic rings. The zero-order valence-corrected chi connectivity index (χ0v) is 53.9. The standard InChI is InChI=1S/C73H140O6/c1-4-7-10-13-16-19-22-25-28-30-32-33-34-35-36-37-38-39-41-42-45-48-51-54-57-60-63-66-72(75)78-69-70(68-77-71(74)65-62-59-56-53-50-47-44-27-24-21-18-15-12-9-6-3)79-73(76)67-64-61-58-55-52-49-46-43-40-31-29-26-23-20-17-14-11-8-5-2/h27,44,70H,4-26,28-43,45-69H2,1-3H3/b44-27-. The first-order valence-corrected chi connectivity index (χ1v) is 36.2. The average molecular weight is 1110 g/mol. The predicted octanol–water partition coefficient (Wildman–Crippen LogP) is 24.8. The van der Waals surface area contributed by atoms with Crippen molar-refractivity contribution in [2.75, 3.05) is 13.2 Å². The highest BCUT2D eigenvalue weighted by molar-refractivity contribution is 5.71. The SMILES string of the molecule is CCCCCCCC/C=C\CCCCCCCC(=O)OCC(COC(=O)CCCCCCCCCCCCCCCCCCCCCCCCCCCCC)OC(=O)CCCCCCCCCCCCCCCCCCCCC. The van der Waals surface area contributed by atoms with Crippen LogP contribution >= 0.6 is 0 Å². The maximum Gasteiger partial charge on any atom is 0.306 e. The number of rotatable bonds is 68. The van der Waals surface area contributed by atoms with Crippen LogP contribution in [0.5, 0.6) is 0 Å². The van der Waals surface area contributed by atoms with Crippen molar-refractivity contribution in [3.8, 4) is 0 Å². The molecule has 0 aliphatic heterocycles. The van der Waals surface area contributed by atoms with Gasteiger partial charge in [-0.15, -0.1) is 0 Å². The van der Waals surface area contributed by atoms with Crippen molar-refractivity contribution in [2.45, 2.75) is 425 Å². The summed E-state index contributed by atoms with van der Waals surface area (Å²) in [6.07, 6.45) is 82.5. The molecular weight excluding hydrogens is 973 g/mol. The Labute approximate surface area is 494 Å². The predicted molar refractivity (Wildman–Crippen MR) is 344 cm³/mol. The Morgan fingerprint density at radius 1 is 0.241 bits per heavy atom. The summed E-state index contributed by atoms with van der Waals surface area (Å²) in [4.78, 5) is 38.4. The summed E-state index contributed by atoms with van der Waals surface area (Å²) in [6.45, 7) is 6.72. The monoisotopic (exact) mass is 1110 g/mol. The zero-order valence-electron chi connectivity index (χ0n) is 53.9. The van der Waals surface area contributed by atoms with E-state index in [1.807, 2.05) is 0 Å². The van der Waals surface area contributed by atoms with E-state index >= 15 is 0 Å². The molecule has 0 saturated heterocycles. The van der Waals surface area contributed by atoms with Crippen molar-refractivity contribution in [3.63, 3.8) is 0 Å². The molecule has 1 unspecified atom stereocenters. The Bertz CT molecular complexity index is 1230. The van der Waals surface area contributed by atoms with E-state index in [2.05, 4.69) is 32.9 Å². The van der Waals surface area contributed by atoms with Gasteiger partial charge in [-0.1, -0.05) is 367 Å². The third-order valence-corrected chi connectivity index (χ3v) is 16.8. The van der Waals surface area contributed by atoms with Crippen LogP contribution in [-0.2, 0) is 28.6 Å². The number of hydrogen-bond donors (Lipinski definition) is 0. The van der Waals surface area contributed by atoms with Crippen LogP contribution < -0.4 is 0 Å². The first-order valence-electron chi connectivity index (χ1n) is 36.2. The van der Waals surface area contributed by atoms with Gasteiger partial charge in [0.25, 0.3) is 0 Å². The molecule has 79 heavy (non-hydrogen) atoms. The van der Waals surface area contributed by atoms with E-state index in [1.54, 1.807) is 0 Å². The fourth-order valence-corrected chi connectivity index (χ4v) is 11.3. The summed E-state index contributed by atoms with van der Waals surface area (Å²) in [5.41, 5.74) is 0. The van der Waals surface area contributed by atoms with Crippen LogP contribution in [0.3, 0.4) is 0 Å². The molecule has 0 spiro atoms. The minimum atomic E-state index is -0.770. The third kappa shape index (κ3) is 66.8. The normalized spacial score (nSPS) is 12.0. The second kappa shape index (κ2) is 68.6. The number of allylic oxidation sites excluding steroid dienone is 2. The Morgan fingerprint density at radius 3 is 0.633 bits per heavy atom. The van der Waals surface area contributed by atoms with Gasteiger partial charge in [-0.2, -0.15) is 0 Å². The summed E-state index contributed by atoms with van der Waals surface area (Å²) in [5.74, 6) is -0.837. The van der Waals surface area contributed by atoms with E-state index < -0.39 is 6.10 Å². The van der Waals surface area contributed by atoms with E-state index in [9.17, 15) is 14.4 Å². The number of hydrogen-bond acceptors (Lipinski definition) is 6. The fourth-order valence-electron chi connectivity index (χ4n) is 11.3. The van der Waals surface area contributed by atoms with Gasteiger partial charge in [0.2, 0.25) is 0 Å². The Kier molecular flexibility index (Phi) is 67.0. The summed E-state index contributed by atoms with van der Waals surface area (Å²) >= 11 is 0. The summed E-state index contributed by atoms with van der Waals surface area (Å²) in [6, 6.07) is 0. The van der Waals surface area contributed by atoms with Gasteiger partial charge < -0.3 is 14.2 Å². The molecule has 0 aromatic heterocycles. The lowest BCUT2D eigenvalue weighted by Gasteiger charge is -2.18. The van der Waals surface area contributed by atoms with Crippen LogP contribution in [0.2, 0.25) is 0 Å². The van der Waals surface area contributed by atoms with E-state index in [0.29, 0.717) is 19.3 Å². The van der Waals surface area contributed by atoms with Crippen LogP contribution in [0.25, 0.3) is 0 Å². The van der Waals surface area contributed by atoms with Gasteiger partial charge >= 0.3 is 17.9 Å². The summed E-state index contributed by atoms with van der Waals surface area (Å²) in [7, 11) is 0. The van der Waals surface area contributed by atoms with Crippen molar-refractivity contribution < 1.29 is 28.6 Å². The molecule has 0 aromatic rings. The van der Waals surface area contributed by atoms with Crippen molar-refractivity contribution >= 4 is 17.9 Å². The maximum atomic E-state index is 12.9. The molecular formula is C73H140O6. The number of carbonyl (C=O) groups is 3. The molecule has 0 aliphatic carbocycles. The molecule has 0 radical (unpaired) electrons. The molecule has 0 saturated carbocycles. The molecule has 0 heterocycles. The topological polar surface area (TPSA) is 78.9 Å². The van der Waals surface area contributed by atoms with Gasteiger partial charge in [0.15, 0.2) is 6.10 Å². The Balaban J connectivity index is 4.20. The number of unbranched alkanes of at least 4 members (excludes halogenated alkanes) is 55. The van der Waals surface area contributed by atoms with Gasteiger partial charge in [0, 0.05) is 19.3 Å². The number of esters is 3. The highest BCUT2D eigenvalue weighted by Gasteiger charge is 2.19. The molecule has 0 rings (SSSR count). The van der Waals surface area contributed by atoms with E-state index in [0.717, 1.165) is 64.2 Å². The summed E-state index contributed by atoms with van der Waals surface area (Å²) in [5, 5.41) is 0. The van der Waals surface area contributed by atoms with Crippen LogP contribution in [0.4, 0.5) is 0 Å². The number of ether oxygens (including phenoxy) is 3. The molecule has 0 amide bonds. The fraction of sp³-hybridized carbons (Fsp3) is 0.932. The first-order chi connectivity index (χ1) is 39.0. The molecule has 0 aromatic carbocycles. The van der Waals surface area contributed by atoms with Gasteiger partial charge in [0.1, 0.15) is 13.2 Å². The van der Waals surface area contributed by atoms with Crippen LogP contribution in [0.1, 0.15) is 419 Å². The van der Waals surface area contributed by atoms with Crippen LogP contribution in [-0.4, -0.2) is 37.2 Å². The van der Waals surface area contributed by atoms with Gasteiger partial charge in [-0.05, 0) is 44.9 Å². The highest BCUT2D eigenvalue weighted by atomic mass is 16.6. The van der Waals surface area contributed by atoms with Gasteiger partial charge in [0.05, 0.1) is 0 Å². The smallest absolute Gasteiger partial charge is 0.306 e. The lowest BCUT2D eigenvalue weighted by molar-refractivity contribution is -0.167. The van der Waals surface area contributed by atoms with E-state index in [-0.39, 0.29) is 31.1 Å². The number of carbonyl (C=O) groups excluding carboxylic acids is 3. The molecule has 6 heteroatoms. The molecule has 0 bridgehead atoms. The average Bonchev–Trinajstić information content (AvgIpc) is 3.45. The quantitative estimate of drug-likeness (QED) is 0.0261. The molecule has 6 nitrogen and oxygen atoms in total. The third-order valence-electron chi connectivity index (χ3n) is 16.8. The molecule has 0 fully saturated rings. The maximum absolute atomic E-state index is 12.9. The lowest BCUT2D eigenvalue weighted by atomic mass is 10.0. The van der Waals surface area contributed by atoms with Crippen molar-refractivity contribution in [1.82, 2.24) is 0 Å². The highest BCUT2D eigenvalue weighted by Crippen LogP contribution is 2.19. The second-order valence-corrected chi connectivity index (χ2v) is 24.9. The molecule has 1 atom stereocenters. The second-order valence-electron chi connectivity index (χ2n) is 24.9. The van der Waals surface area contributed by atoms with Gasteiger partial charge in [-0.3, -0.25) is 14.4 Å². The van der Waals surface area contributed by atoms with Crippen LogP contribution in [0, 0.1) is 0 Å². The zero-order chi connectivity index (χ0) is 57.1.